The first-order valence-electron chi connectivity index (χ1n) is 7.38. The van der Waals surface area contributed by atoms with Gasteiger partial charge in [0.1, 0.15) is 0 Å². The van der Waals surface area contributed by atoms with Gasteiger partial charge in [0.15, 0.2) is 0 Å². The highest BCUT2D eigenvalue weighted by atomic mass is 16.3. The number of hydrogen-bond acceptors (Lipinski definition) is 1. The van der Waals surface area contributed by atoms with Crippen LogP contribution in [0.15, 0.2) is 48.5 Å². The second kappa shape index (κ2) is 6.23. The quantitative estimate of drug-likeness (QED) is 0.844. The van der Waals surface area contributed by atoms with Crippen molar-refractivity contribution in [1.82, 2.24) is 0 Å². The minimum Gasteiger partial charge on any atom is -0.385 e. The maximum atomic E-state index is 11.1. The van der Waals surface area contributed by atoms with Gasteiger partial charge in [0.2, 0.25) is 0 Å². The minimum absolute atomic E-state index is 0.674. The second-order valence-corrected chi connectivity index (χ2v) is 5.82. The van der Waals surface area contributed by atoms with E-state index in [9.17, 15) is 5.11 Å². The number of aryl methyl sites for hydroxylation is 2. The van der Waals surface area contributed by atoms with Crippen molar-refractivity contribution in [2.24, 2.45) is 0 Å². The van der Waals surface area contributed by atoms with Gasteiger partial charge in [0.05, 0.1) is 5.60 Å². The summed E-state index contributed by atoms with van der Waals surface area (Å²) in [6, 6.07) is 16.6. The molecule has 1 atom stereocenters. The Kier molecular flexibility index (Phi) is 4.61. The Labute approximate surface area is 122 Å². The Morgan fingerprint density at radius 2 is 1.55 bits per heavy atom. The van der Waals surface area contributed by atoms with E-state index < -0.39 is 5.60 Å². The van der Waals surface area contributed by atoms with Crippen LogP contribution in [0.1, 0.15) is 42.0 Å². The summed E-state index contributed by atoms with van der Waals surface area (Å²) >= 11 is 0. The van der Waals surface area contributed by atoms with Gasteiger partial charge < -0.3 is 5.11 Å². The summed E-state index contributed by atoms with van der Waals surface area (Å²) in [6.07, 6.45) is 2.42. The van der Waals surface area contributed by atoms with Crippen molar-refractivity contribution in [3.05, 3.63) is 70.8 Å². The molecule has 0 fully saturated rings. The van der Waals surface area contributed by atoms with E-state index in [4.69, 9.17) is 0 Å². The predicted octanol–water partition coefficient (Wildman–Crippen LogP) is 4.53. The van der Waals surface area contributed by atoms with Gasteiger partial charge >= 0.3 is 0 Å². The molecule has 106 valence electrons. The highest BCUT2D eigenvalue weighted by Crippen LogP contribution is 2.31. The van der Waals surface area contributed by atoms with Crippen LogP contribution in [0.3, 0.4) is 0 Å². The third kappa shape index (κ3) is 3.49. The molecule has 1 nitrogen and oxygen atoms in total. The van der Waals surface area contributed by atoms with E-state index in [1.165, 1.54) is 16.7 Å². The molecule has 0 aromatic heterocycles. The molecule has 0 heterocycles. The predicted molar refractivity (Wildman–Crippen MR) is 84.9 cm³/mol. The molecule has 2 aromatic carbocycles. The first-order valence-corrected chi connectivity index (χ1v) is 7.38. The number of aliphatic hydroxyl groups is 1. The zero-order valence-electron chi connectivity index (χ0n) is 12.7. The second-order valence-electron chi connectivity index (χ2n) is 5.82. The van der Waals surface area contributed by atoms with Crippen LogP contribution in [0.25, 0.3) is 0 Å². The van der Waals surface area contributed by atoms with Gasteiger partial charge in [-0.2, -0.15) is 0 Å². The zero-order valence-corrected chi connectivity index (χ0v) is 12.7. The van der Waals surface area contributed by atoms with Gasteiger partial charge in [0.25, 0.3) is 0 Å². The van der Waals surface area contributed by atoms with Crippen molar-refractivity contribution in [2.45, 2.75) is 45.6 Å². The van der Waals surface area contributed by atoms with Crippen LogP contribution in [0.4, 0.5) is 0 Å². The Morgan fingerprint density at radius 1 is 0.950 bits per heavy atom. The molecular weight excluding hydrogens is 244 g/mol. The highest BCUT2D eigenvalue weighted by molar-refractivity contribution is 5.32. The molecule has 1 heteroatoms. The number of benzene rings is 2. The van der Waals surface area contributed by atoms with Crippen LogP contribution in [0.2, 0.25) is 0 Å². The lowest BCUT2D eigenvalue weighted by molar-refractivity contribution is 0.0269. The van der Waals surface area contributed by atoms with E-state index in [1.54, 1.807) is 0 Å². The fraction of sp³-hybridized carbons (Fsp3) is 0.368. The van der Waals surface area contributed by atoms with Crippen LogP contribution in [-0.4, -0.2) is 5.11 Å². The van der Waals surface area contributed by atoms with Crippen molar-refractivity contribution in [3.8, 4) is 0 Å². The van der Waals surface area contributed by atoms with E-state index >= 15 is 0 Å². The Morgan fingerprint density at radius 3 is 2.10 bits per heavy atom. The monoisotopic (exact) mass is 268 g/mol. The van der Waals surface area contributed by atoms with E-state index in [1.807, 2.05) is 30.3 Å². The highest BCUT2D eigenvalue weighted by Gasteiger charge is 2.28. The normalized spacial score (nSPS) is 14.0. The summed E-state index contributed by atoms with van der Waals surface area (Å²) in [5.74, 6) is 0. The smallest absolute Gasteiger partial charge is 0.0936 e. The van der Waals surface area contributed by atoms with Crippen LogP contribution < -0.4 is 0 Å². The number of rotatable bonds is 5. The summed E-state index contributed by atoms with van der Waals surface area (Å²) in [5, 5.41) is 11.1. The van der Waals surface area contributed by atoms with Crippen molar-refractivity contribution in [2.75, 3.05) is 0 Å². The van der Waals surface area contributed by atoms with Crippen LogP contribution in [0.5, 0.6) is 0 Å². The molecule has 1 unspecified atom stereocenters. The van der Waals surface area contributed by atoms with Gasteiger partial charge in [-0.15, -0.1) is 0 Å². The lowest BCUT2D eigenvalue weighted by Gasteiger charge is -2.29. The summed E-state index contributed by atoms with van der Waals surface area (Å²) in [7, 11) is 0. The van der Waals surface area contributed by atoms with Crippen LogP contribution >= 0.6 is 0 Å². The summed E-state index contributed by atoms with van der Waals surface area (Å²) in [4.78, 5) is 0. The van der Waals surface area contributed by atoms with E-state index in [2.05, 4.69) is 39.0 Å². The molecule has 0 spiro atoms. The molecule has 20 heavy (non-hydrogen) atoms. The minimum atomic E-state index is -0.768. The lowest BCUT2D eigenvalue weighted by Crippen LogP contribution is -2.28. The molecule has 0 amide bonds. The molecule has 0 bridgehead atoms. The molecular formula is C19H24O. The Hall–Kier alpha value is -1.60. The molecule has 0 saturated heterocycles. The average molecular weight is 268 g/mol. The van der Waals surface area contributed by atoms with Gasteiger partial charge in [0, 0.05) is 6.42 Å². The largest absolute Gasteiger partial charge is 0.385 e. The maximum absolute atomic E-state index is 11.1. The van der Waals surface area contributed by atoms with Crippen molar-refractivity contribution >= 4 is 0 Å². The third-order valence-electron chi connectivity index (χ3n) is 3.75. The van der Waals surface area contributed by atoms with E-state index in [-0.39, 0.29) is 0 Å². The first-order chi connectivity index (χ1) is 9.53. The third-order valence-corrected chi connectivity index (χ3v) is 3.75. The van der Waals surface area contributed by atoms with Crippen LogP contribution in [0, 0.1) is 13.8 Å². The van der Waals surface area contributed by atoms with Crippen LogP contribution in [-0.2, 0) is 12.0 Å². The Balaban J connectivity index is 2.34. The number of hydrogen-bond donors (Lipinski definition) is 1. The molecule has 0 aliphatic heterocycles. The average Bonchev–Trinajstić information content (AvgIpc) is 2.38. The fourth-order valence-corrected chi connectivity index (χ4v) is 3.01. The van der Waals surface area contributed by atoms with Gasteiger partial charge in [-0.1, -0.05) is 73.0 Å². The molecule has 1 N–H and O–H groups in total. The van der Waals surface area contributed by atoms with Crippen molar-refractivity contribution in [3.63, 3.8) is 0 Å². The molecule has 0 aliphatic rings. The SMILES string of the molecule is CCCC(O)(Cc1cc(C)cc(C)c1)c1ccccc1. The van der Waals surface area contributed by atoms with Gasteiger partial charge in [-0.05, 0) is 31.4 Å². The maximum Gasteiger partial charge on any atom is 0.0936 e. The van der Waals surface area contributed by atoms with Crippen molar-refractivity contribution in [1.29, 1.82) is 0 Å². The van der Waals surface area contributed by atoms with Gasteiger partial charge in [-0.3, -0.25) is 0 Å². The molecule has 0 saturated carbocycles. The van der Waals surface area contributed by atoms with E-state index in [0.717, 1.165) is 18.4 Å². The van der Waals surface area contributed by atoms with E-state index in [0.29, 0.717) is 6.42 Å². The molecule has 0 radical (unpaired) electrons. The zero-order chi connectivity index (χ0) is 14.6. The molecule has 2 rings (SSSR count). The molecule has 2 aromatic rings. The topological polar surface area (TPSA) is 20.2 Å². The fourth-order valence-electron chi connectivity index (χ4n) is 3.01. The summed E-state index contributed by atoms with van der Waals surface area (Å²) in [6.45, 7) is 6.34. The Bertz CT molecular complexity index is 539. The summed E-state index contributed by atoms with van der Waals surface area (Å²) in [5.41, 5.74) is 3.97. The standard InChI is InChI=1S/C19H24O/c1-4-10-19(20,18-8-6-5-7-9-18)14-17-12-15(2)11-16(3)13-17/h5-9,11-13,20H,4,10,14H2,1-3H3. The molecule has 0 aliphatic carbocycles. The lowest BCUT2D eigenvalue weighted by atomic mass is 9.83. The summed E-state index contributed by atoms with van der Waals surface area (Å²) < 4.78 is 0. The van der Waals surface area contributed by atoms with Gasteiger partial charge in [-0.25, -0.2) is 0 Å². The van der Waals surface area contributed by atoms with Crippen molar-refractivity contribution < 1.29 is 5.11 Å². The first kappa shape index (κ1) is 14.8.